The zero-order chi connectivity index (χ0) is 47.1. The van der Waals surface area contributed by atoms with Crippen LogP contribution in [-0.4, -0.2) is 58.4 Å². The largest absolute Gasteiger partial charge is 0.444 e. The second kappa shape index (κ2) is 28.8. The number of hydrogen-bond donors (Lipinski definition) is 6. The van der Waals surface area contributed by atoms with Crippen LogP contribution in [0.2, 0.25) is 0 Å². The Bertz CT molecular complexity index is 2310. The Morgan fingerprint density at radius 3 is 1.70 bits per heavy atom. The minimum Gasteiger partial charge on any atom is -0.444 e. The van der Waals surface area contributed by atoms with Crippen LogP contribution in [0.5, 0.6) is 0 Å². The van der Waals surface area contributed by atoms with Gasteiger partial charge in [-0.05, 0) is 120 Å². The number of alkyl carbamates (subject to hydrolysis) is 1. The molecule has 5 aromatic carbocycles. The van der Waals surface area contributed by atoms with Crippen molar-refractivity contribution in [1.29, 1.82) is 0 Å². The van der Waals surface area contributed by atoms with Crippen molar-refractivity contribution in [3.05, 3.63) is 198 Å². The molecule has 10 nitrogen and oxygen atoms in total. The van der Waals surface area contributed by atoms with Gasteiger partial charge in [0.15, 0.2) is 0 Å². The molecule has 14 heteroatoms. The summed E-state index contributed by atoms with van der Waals surface area (Å²) < 4.78 is 14.4. The highest BCUT2D eigenvalue weighted by molar-refractivity contribution is 9.11. The van der Waals surface area contributed by atoms with E-state index in [9.17, 15) is 9.90 Å². The first kappa shape index (κ1) is 54.3. The smallest absolute Gasteiger partial charge is 0.408 e. The van der Waals surface area contributed by atoms with Crippen molar-refractivity contribution in [2.75, 3.05) is 26.4 Å². The fourth-order valence-electron chi connectivity index (χ4n) is 5.42. The predicted molar refractivity (Wildman–Crippen MR) is 272 cm³/mol. The van der Waals surface area contributed by atoms with Crippen molar-refractivity contribution in [2.45, 2.75) is 50.6 Å². The van der Waals surface area contributed by atoms with Crippen LogP contribution in [0.3, 0.4) is 0 Å². The summed E-state index contributed by atoms with van der Waals surface area (Å²) in [5, 5.41) is 29.7. The van der Waals surface area contributed by atoms with Crippen LogP contribution in [0.25, 0.3) is 17.2 Å². The van der Waals surface area contributed by atoms with Gasteiger partial charge in [-0.3, -0.25) is 4.98 Å². The van der Waals surface area contributed by atoms with Crippen LogP contribution in [0.4, 0.5) is 4.79 Å². The number of nitrogens with two attached hydrogens (primary N) is 2. The number of amides is 1. The number of benzene rings is 5. The molecule has 1 aliphatic heterocycles. The Kier molecular flexibility index (Phi) is 24.4. The lowest BCUT2D eigenvalue weighted by Crippen LogP contribution is -2.36. The fourth-order valence-corrected chi connectivity index (χ4v) is 7.09. The molecule has 64 heavy (non-hydrogen) atoms. The minimum atomic E-state index is -0.554. The van der Waals surface area contributed by atoms with Gasteiger partial charge in [0.1, 0.15) is 11.7 Å². The third-order valence-electron chi connectivity index (χ3n) is 8.74. The quantitative estimate of drug-likeness (QED) is 0.0729. The number of pyridine rings is 1. The van der Waals surface area contributed by atoms with Gasteiger partial charge in [-0.15, -0.1) is 0 Å². The van der Waals surface area contributed by atoms with Crippen LogP contribution in [0.1, 0.15) is 72.8 Å². The zero-order valence-electron chi connectivity index (χ0n) is 36.0. The zero-order valence-corrected chi connectivity index (χ0v) is 42.3. The molecule has 2 heterocycles. The van der Waals surface area contributed by atoms with Gasteiger partial charge in [-0.1, -0.05) is 149 Å². The molecule has 0 saturated carbocycles. The van der Waals surface area contributed by atoms with Crippen molar-refractivity contribution in [1.82, 2.24) is 10.3 Å². The SMILES string of the molecule is Brc1cccc(C2CO2)c1.C=Cc1cccc(Br)c1.CC(C)(C)OC(=O)NC(CO)c1cccc(Br)c1.NC(CO)c1cccc(-c2cccnc2)c1.NC(CO)c1cccc(Br)c1. The molecule has 1 fully saturated rings. The molecule has 1 saturated heterocycles. The summed E-state index contributed by atoms with van der Waals surface area (Å²) in [6.07, 6.45) is 5.21. The van der Waals surface area contributed by atoms with Crippen molar-refractivity contribution in [2.24, 2.45) is 11.5 Å². The standard InChI is InChI=1S/C13H18BrNO3.C13H14N2O.C8H10BrNO.C8H7BrO.C8H7Br/c1-13(2,3)18-12(17)15-11(8-16)9-5-4-6-10(14)7-9;14-13(9-16)11-4-1-3-10(7-11)12-5-2-6-15-8-12;9-7-3-1-2-6(4-7)8(10)5-11;9-7-3-1-2-6(4-7)8-5-10-8;1-2-7-4-3-5-8(9)6-7/h4-7,11,16H,8H2,1-3H3,(H,15,17);1-8,13,16H,9,14H2;1-4,8,11H,5,10H2;1-4,8H,5H2;2-6H,1H2. The summed E-state index contributed by atoms with van der Waals surface area (Å²) >= 11 is 13.4. The van der Waals surface area contributed by atoms with E-state index >= 15 is 0 Å². The summed E-state index contributed by atoms with van der Waals surface area (Å²) in [5.41, 5.74) is 18.0. The lowest BCUT2D eigenvalue weighted by Gasteiger charge is -2.23. The lowest BCUT2D eigenvalue weighted by molar-refractivity contribution is 0.0481. The van der Waals surface area contributed by atoms with E-state index < -0.39 is 17.7 Å². The lowest BCUT2D eigenvalue weighted by atomic mass is 10.0. The normalized spacial score (nSPS) is 13.8. The van der Waals surface area contributed by atoms with Crippen LogP contribution in [0, 0.1) is 0 Å². The number of rotatable bonds is 10. The minimum absolute atomic E-state index is 0.0174. The maximum atomic E-state index is 11.6. The van der Waals surface area contributed by atoms with Gasteiger partial charge in [0.2, 0.25) is 0 Å². The van der Waals surface area contributed by atoms with Crippen LogP contribution < -0.4 is 16.8 Å². The van der Waals surface area contributed by atoms with E-state index in [4.69, 9.17) is 31.2 Å². The Morgan fingerprint density at radius 1 is 0.734 bits per heavy atom. The number of aliphatic hydroxyl groups excluding tert-OH is 3. The number of nitrogens with one attached hydrogen (secondary N) is 1. The van der Waals surface area contributed by atoms with Crippen molar-refractivity contribution in [3.63, 3.8) is 0 Å². The average molecular weight is 1130 g/mol. The summed E-state index contributed by atoms with van der Waals surface area (Å²) in [6.45, 7) is 9.66. The number of hydrogen-bond acceptors (Lipinski definition) is 9. The van der Waals surface area contributed by atoms with Crippen LogP contribution in [-0.2, 0) is 9.47 Å². The molecular weight excluding hydrogens is 1070 g/mol. The molecule has 340 valence electrons. The second-order valence-corrected chi connectivity index (χ2v) is 18.7. The first-order valence-electron chi connectivity index (χ1n) is 20.1. The Morgan fingerprint density at radius 2 is 1.23 bits per heavy atom. The molecule has 4 atom stereocenters. The molecule has 1 aromatic heterocycles. The third kappa shape index (κ3) is 21.3. The highest BCUT2D eigenvalue weighted by Gasteiger charge is 2.24. The van der Waals surface area contributed by atoms with Gasteiger partial charge in [-0.25, -0.2) is 4.79 Å². The van der Waals surface area contributed by atoms with E-state index in [1.165, 1.54) is 5.56 Å². The topological polar surface area (TPSA) is 176 Å². The summed E-state index contributed by atoms with van der Waals surface area (Å²) in [6, 6.07) is 41.9. The molecule has 6 aromatic rings. The summed E-state index contributed by atoms with van der Waals surface area (Å²) in [4.78, 5) is 15.7. The number of halogens is 4. The number of carbonyl (C=O) groups excluding carboxylic acids is 1. The van der Waals surface area contributed by atoms with Crippen LogP contribution in [0.15, 0.2) is 170 Å². The van der Waals surface area contributed by atoms with Gasteiger partial charge in [0.05, 0.1) is 44.6 Å². The summed E-state index contributed by atoms with van der Waals surface area (Å²) in [5.74, 6) is 0. The first-order valence-corrected chi connectivity index (χ1v) is 23.3. The monoisotopic (exact) mass is 1120 g/mol. The highest BCUT2D eigenvalue weighted by Crippen LogP contribution is 2.31. The predicted octanol–water partition coefficient (Wildman–Crippen LogP) is 11.8. The fraction of sp³-hybridized carbons (Fsp3) is 0.240. The second-order valence-electron chi connectivity index (χ2n) is 15.1. The van der Waals surface area contributed by atoms with Gasteiger partial charge >= 0.3 is 6.09 Å². The molecule has 0 bridgehead atoms. The first-order chi connectivity index (χ1) is 30.5. The maximum Gasteiger partial charge on any atom is 0.408 e. The number of aliphatic hydroxyl groups is 3. The number of nitrogens with zero attached hydrogens (tertiary/aromatic N) is 1. The van der Waals surface area contributed by atoms with Gasteiger partial charge in [0.25, 0.3) is 0 Å². The number of epoxide rings is 1. The number of carbonyl (C=O) groups is 1. The number of aromatic nitrogens is 1. The van der Waals surface area contributed by atoms with E-state index in [1.807, 2.05) is 134 Å². The van der Waals surface area contributed by atoms with Gasteiger partial charge in [-0.2, -0.15) is 0 Å². The van der Waals surface area contributed by atoms with Crippen molar-refractivity contribution in [3.8, 4) is 11.1 Å². The molecule has 7 rings (SSSR count). The van der Waals surface area contributed by atoms with Crippen LogP contribution >= 0.6 is 63.7 Å². The third-order valence-corrected chi connectivity index (χ3v) is 10.7. The molecule has 1 aliphatic rings. The Hall–Kier alpha value is -4.06. The number of ether oxygens (including phenoxy) is 2. The molecule has 0 spiro atoms. The molecule has 8 N–H and O–H groups in total. The molecule has 0 aliphatic carbocycles. The highest BCUT2D eigenvalue weighted by atomic mass is 79.9. The maximum absolute atomic E-state index is 11.6. The van der Waals surface area contributed by atoms with E-state index in [1.54, 1.807) is 27.0 Å². The molecule has 4 unspecified atom stereocenters. The van der Waals surface area contributed by atoms with Crippen molar-refractivity contribution >= 4 is 75.9 Å². The molecular formula is C50H56Br4N4O6. The van der Waals surface area contributed by atoms with Gasteiger partial charge < -0.3 is 41.6 Å². The van der Waals surface area contributed by atoms with Gasteiger partial charge in [0, 0.05) is 30.3 Å². The Labute approximate surface area is 410 Å². The van der Waals surface area contributed by atoms with E-state index in [2.05, 4.69) is 92.7 Å². The molecule has 1 amide bonds. The average Bonchev–Trinajstić information content (AvgIpc) is 4.15. The van der Waals surface area contributed by atoms with E-state index in [0.717, 1.165) is 57.9 Å². The summed E-state index contributed by atoms with van der Waals surface area (Å²) in [7, 11) is 0. The Balaban J connectivity index is 0.000000218. The molecule has 0 radical (unpaired) electrons. The van der Waals surface area contributed by atoms with Crippen molar-refractivity contribution < 1.29 is 29.6 Å². The van der Waals surface area contributed by atoms with E-state index in [0.29, 0.717) is 6.10 Å². The van der Waals surface area contributed by atoms with E-state index in [-0.39, 0.29) is 31.9 Å².